The standard InChI is InChI=1S/C15H11BrN2S/c16-12-3-4-14-13(6-12)18-15(19-14)9-1-2-10-7-17-8-11(10)5-9/h1-6,17H,7-8H2. The van der Waals surface area contributed by atoms with E-state index in [9.17, 15) is 0 Å². The van der Waals surface area contributed by atoms with Crippen molar-refractivity contribution < 1.29 is 0 Å². The Morgan fingerprint density at radius 2 is 1.95 bits per heavy atom. The molecule has 0 bridgehead atoms. The van der Waals surface area contributed by atoms with Gasteiger partial charge in [-0.15, -0.1) is 11.3 Å². The number of nitrogens with zero attached hydrogens (tertiary/aromatic N) is 1. The molecule has 94 valence electrons. The van der Waals surface area contributed by atoms with E-state index in [4.69, 9.17) is 4.98 Å². The Hall–Kier alpha value is -1.23. The lowest BCUT2D eigenvalue weighted by Gasteiger charge is -2.00. The number of hydrogen-bond donors (Lipinski definition) is 1. The molecule has 0 unspecified atom stereocenters. The average Bonchev–Trinajstić information content (AvgIpc) is 3.02. The van der Waals surface area contributed by atoms with E-state index in [1.54, 1.807) is 11.3 Å². The number of hydrogen-bond acceptors (Lipinski definition) is 3. The molecular weight excluding hydrogens is 320 g/mol. The van der Waals surface area contributed by atoms with Crippen LogP contribution in [0.5, 0.6) is 0 Å². The van der Waals surface area contributed by atoms with Crippen LogP contribution in [0.2, 0.25) is 0 Å². The molecule has 2 heterocycles. The Balaban J connectivity index is 1.85. The number of fused-ring (bicyclic) bond motifs is 2. The van der Waals surface area contributed by atoms with Crippen LogP contribution in [0.3, 0.4) is 0 Å². The Bertz CT molecular complexity index is 779. The summed E-state index contributed by atoms with van der Waals surface area (Å²) in [4.78, 5) is 4.74. The smallest absolute Gasteiger partial charge is 0.124 e. The molecule has 4 heteroatoms. The zero-order valence-electron chi connectivity index (χ0n) is 10.1. The third-order valence-electron chi connectivity index (χ3n) is 3.43. The van der Waals surface area contributed by atoms with Gasteiger partial charge in [0.05, 0.1) is 10.2 Å². The normalized spacial score (nSPS) is 13.9. The van der Waals surface area contributed by atoms with Gasteiger partial charge in [-0.3, -0.25) is 0 Å². The number of halogens is 1. The van der Waals surface area contributed by atoms with Crippen molar-refractivity contribution in [1.82, 2.24) is 10.3 Å². The summed E-state index contributed by atoms with van der Waals surface area (Å²) in [5.74, 6) is 0. The fourth-order valence-corrected chi connectivity index (χ4v) is 3.74. The molecule has 1 N–H and O–H groups in total. The van der Waals surface area contributed by atoms with Crippen molar-refractivity contribution in [3.8, 4) is 10.6 Å². The van der Waals surface area contributed by atoms with Crippen LogP contribution >= 0.6 is 27.3 Å². The molecule has 0 atom stereocenters. The van der Waals surface area contributed by atoms with Crippen molar-refractivity contribution in [1.29, 1.82) is 0 Å². The molecule has 0 aliphatic carbocycles. The van der Waals surface area contributed by atoms with E-state index < -0.39 is 0 Å². The average molecular weight is 331 g/mol. The molecule has 1 aliphatic rings. The highest BCUT2D eigenvalue weighted by atomic mass is 79.9. The van der Waals surface area contributed by atoms with Gasteiger partial charge < -0.3 is 5.32 Å². The van der Waals surface area contributed by atoms with Crippen LogP contribution in [0, 0.1) is 0 Å². The van der Waals surface area contributed by atoms with Crippen LogP contribution in [0.4, 0.5) is 0 Å². The maximum Gasteiger partial charge on any atom is 0.124 e. The van der Waals surface area contributed by atoms with Crippen molar-refractivity contribution >= 4 is 37.5 Å². The first-order valence-electron chi connectivity index (χ1n) is 6.18. The maximum absolute atomic E-state index is 4.74. The summed E-state index contributed by atoms with van der Waals surface area (Å²) in [6.07, 6.45) is 0. The second-order valence-electron chi connectivity index (χ2n) is 4.72. The van der Waals surface area contributed by atoms with E-state index in [0.717, 1.165) is 28.1 Å². The van der Waals surface area contributed by atoms with E-state index in [0.29, 0.717) is 0 Å². The third kappa shape index (κ3) is 2.00. The number of aromatic nitrogens is 1. The topological polar surface area (TPSA) is 24.9 Å². The maximum atomic E-state index is 4.74. The van der Waals surface area contributed by atoms with E-state index in [2.05, 4.69) is 57.6 Å². The molecule has 0 saturated carbocycles. The summed E-state index contributed by atoms with van der Waals surface area (Å²) in [5, 5.41) is 4.48. The van der Waals surface area contributed by atoms with Gasteiger partial charge in [0.25, 0.3) is 0 Å². The molecule has 4 rings (SSSR count). The molecule has 0 amide bonds. The van der Waals surface area contributed by atoms with Gasteiger partial charge in [0.2, 0.25) is 0 Å². The highest BCUT2D eigenvalue weighted by molar-refractivity contribution is 9.10. The second-order valence-corrected chi connectivity index (χ2v) is 6.66. The van der Waals surface area contributed by atoms with Crippen LogP contribution in [0.15, 0.2) is 40.9 Å². The van der Waals surface area contributed by atoms with Gasteiger partial charge in [0.1, 0.15) is 5.01 Å². The third-order valence-corrected chi connectivity index (χ3v) is 5.01. The van der Waals surface area contributed by atoms with Crippen molar-refractivity contribution in [2.24, 2.45) is 0 Å². The van der Waals surface area contributed by atoms with Gasteiger partial charge in [-0.05, 0) is 35.4 Å². The van der Waals surface area contributed by atoms with Gasteiger partial charge in [0.15, 0.2) is 0 Å². The van der Waals surface area contributed by atoms with Crippen LogP contribution in [0.1, 0.15) is 11.1 Å². The Morgan fingerprint density at radius 3 is 2.89 bits per heavy atom. The van der Waals surface area contributed by atoms with Crippen molar-refractivity contribution in [2.45, 2.75) is 13.1 Å². The van der Waals surface area contributed by atoms with Crippen molar-refractivity contribution in [3.63, 3.8) is 0 Å². The largest absolute Gasteiger partial charge is 0.309 e. The van der Waals surface area contributed by atoms with Gasteiger partial charge in [-0.2, -0.15) is 0 Å². The summed E-state index contributed by atoms with van der Waals surface area (Å²) in [7, 11) is 0. The number of nitrogens with one attached hydrogen (secondary N) is 1. The van der Waals surface area contributed by atoms with Gasteiger partial charge in [-0.25, -0.2) is 4.98 Å². The summed E-state index contributed by atoms with van der Waals surface area (Å²) < 4.78 is 2.31. The van der Waals surface area contributed by atoms with E-state index >= 15 is 0 Å². The lowest BCUT2D eigenvalue weighted by Crippen LogP contribution is -1.99. The minimum atomic E-state index is 0.972. The zero-order valence-corrected chi connectivity index (χ0v) is 12.5. The number of rotatable bonds is 1. The molecule has 0 saturated heterocycles. The second kappa shape index (κ2) is 4.40. The number of benzene rings is 2. The quantitative estimate of drug-likeness (QED) is 0.718. The van der Waals surface area contributed by atoms with Crippen LogP contribution < -0.4 is 5.32 Å². The fourth-order valence-electron chi connectivity index (χ4n) is 2.45. The Labute approximate surface area is 123 Å². The lowest BCUT2D eigenvalue weighted by molar-refractivity contribution is 0.765. The highest BCUT2D eigenvalue weighted by Crippen LogP contribution is 2.33. The SMILES string of the molecule is Brc1ccc2sc(-c3ccc4c(c3)CNC4)nc2c1. The van der Waals surface area contributed by atoms with Crippen LogP contribution in [-0.2, 0) is 13.1 Å². The predicted octanol–water partition coefficient (Wildman–Crippen LogP) is 4.33. The fraction of sp³-hybridized carbons (Fsp3) is 0.133. The first kappa shape index (κ1) is 11.6. The molecular formula is C15H11BrN2S. The molecule has 1 aliphatic heterocycles. The van der Waals surface area contributed by atoms with E-state index in [1.807, 2.05) is 0 Å². The first-order chi connectivity index (χ1) is 9.29. The Morgan fingerprint density at radius 1 is 1.05 bits per heavy atom. The van der Waals surface area contributed by atoms with Gasteiger partial charge in [0, 0.05) is 23.1 Å². The molecule has 1 aromatic heterocycles. The minimum absolute atomic E-state index is 0.972. The predicted molar refractivity (Wildman–Crippen MR) is 83.3 cm³/mol. The molecule has 0 fully saturated rings. The molecule has 3 aromatic rings. The van der Waals surface area contributed by atoms with Crippen LogP contribution in [-0.4, -0.2) is 4.98 Å². The molecule has 0 spiro atoms. The summed E-state index contributed by atoms with van der Waals surface area (Å²) >= 11 is 5.25. The Kier molecular flexibility index (Phi) is 2.69. The van der Waals surface area contributed by atoms with Crippen molar-refractivity contribution in [3.05, 3.63) is 52.0 Å². The molecule has 2 nitrogen and oxygen atoms in total. The molecule has 19 heavy (non-hydrogen) atoms. The monoisotopic (exact) mass is 330 g/mol. The lowest BCUT2D eigenvalue weighted by atomic mass is 10.1. The first-order valence-corrected chi connectivity index (χ1v) is 7.79. The summed E-state index contributed by atoms with van der Waals surface area (Å²) in [6.45, 7) is 1.96. The summed E-state index contributed by atoms with van der Waals surface area (Å²) in [6, 6.07) is 12.9. The molecule has 2 aromatic carbocycles. The van der Waals surface area contributed by atoms with Gasteiger partial charge in [-0.1, -0.05) is 28.1 Å². The minimum Gasteiger partial charge on any atom is -0.309 e. The number of thiazole rings is 1. The zero-order chi connectivity index (χ0) is 12.8. The van der Waals surface area contributed by atoms with E-state index in [-0.39, 0.29) is 0 Å². The summed E-state index contributed by atoms with van der Waals surface area (Å²) in [5.41, 5.74) is 5.10. The van der Waals surface area contributed by atoms with Gasteiger partial charge >= 0.3 is 0 Å². The van der Waals surface area contributed by atoms with Crippen LogP contribution in [0.25, 0.3) is 20.8 Å². The molecule has 0 radical (unpaired) electrons. The van der Waals surface area contributed by atoms with Crippen molar-refractivity contribution in [2.75, 3.05) is 0 Å². The highest BCUT2D eigenvalue weighted by Gasteiger charge is 2.13. The van der Waals surface area contributed by atoms with E-state index in [1.165, 1.54) is 21.4 Å².